The lowest BCUT2D eigenvalue weighted by Crippen LogP contribution is -2.37. The van der Waals surface area contributed by atoms with Gasteiger partial charge in [0, 0.05) is 20.2 Å². The van der Waals surface area contributed by atoms with Gasteiger partial charge in [0.25, 0.3) is 5.91 Å². The molecule has 0 bridgehead atoms. The smallest absolute Gasteiger partial charge is 0.309 e. The molecule has 3 atom stereocenters. The number of carbonyl (C=O) groups excluding carboxylic acids is 2. The number of carbonyl (C=O) groups is 2. The lowest BCUT2D eigenvalue weighted by Gasteiger charge is -2.27. The molecule has 0 unspecified atom stereocenters. The molecule has 2 aromatic carbocycles. The fourth-order valence-electron chi connectivity index (χ4n) is 3.94. The summed E-state index contributed by atoms with van der Waals surface area (Å²) in [6.45, 7) is 3.21. The van der Waals surface area contributed by atoms with Crippen LogP contribution in [0.5, 0.6) is 11.5 Å². The maximum atomic E-state index is 13.5. The Morgan fingerprint density at radius 1 is 1.13 bits per heavy atom. The van der Waals surface area contributed by atoms with Crippen LogP contribution >= 0.6 is 0 Å². The normalized spacial score (nSPS) is 19.5. The second kappa shape index (κ2) is 9.39. The average molecular weight is 425 g/mol. The van der Waals surface area contributed by atoms with Gasteiger partial charge in [0.2, 0.25) is 6.79 Å². The second-order valence-corrected chi connectivity index (χ2v) is 7.79. The summed E-state index contributed by atoms with van der Waals surface area (Å²) in [5.74, 6) is 0.988. The SMILES string of the molecule is CCOC(=O)[C@H]1C[C@@H]1CN(Cc1ccc2c(c1)OCO2)C(=O)[C@H](OC)c1ccccc1. The summed E-state index contributed by atoms with van der Waals surface area (Å²) in [6.07, 6.45) is 0.0159. The van der Waals surface area contributed by atoms with E-state index in [-0.39, 0.29) is 30.5 Å². The maximum Gasteiger partial charge on any atom is 0.309 e. The first-order chi connectivity index (χ1) is 15.1. The molecule has 1 aliphatic heterocycles. The lowest BCUT2D eigenvalue weighted by atomic mass is 10.1. The van der Waals surface area contributed by atoms with E-state index >= 15 is 0 Å². The Labute approximate surface area is 181 Å². The standard InChI is InChI=1S/C24H27NO6/c1-3-29-24(27)19-12-18(19)14-25(13-16-9-10-20-21(11-16)31-15-30-20)23(26)22(28-2)17-7-5-4-6-8-17/h4-11,18-19,22H,3,12-15H2,1-2H3/t18-,19+,22-/m1/s1. The Morgan fingerprint density at radius 3 is 2.65 bits per heavy atom. The van der Waals surface area contributed by atoms with Crippen LogP contribution in [-0.4, -0.2) is 43.8 Å². The number of benzene rings is 2. The fraction of sp³-hybridized carbons (Fsp3) is 0.417. The number of ether oxygens (including phenoxy) is 4. The monoisotopic (exact) mass is 425 g/mol. The van der Waals surface area contributed by atoms with Crippen molar-refractivity contribution in [2.75, 3.05) is 27.1 Å². The van der Waals surface area contributed by atoms with Crippen LogP contribution in [0.15, 0.2) is 48.5 Å². The van der Waals surface area contributed by atoms with Gasteiger partial charge in [-0.15, -0.1) is 0 Å². The van der Waals surface area contributed by atoms with Crippen molar-refractivity contribution in [1.82, 2.24) is 4.90 Å². The molecule has 7 heteroatoms. The van der Waals surface area contributed by atoms with E-state index in [1.807, 2.05) is 48.5 Å². The Bertz CT molecular complexity index is 931. The van der Waals surface area contributed by atoms with E-state index in [1.54, 1.807) is 11.8 Å². The minimum Gasteiger partial charge on any atom is -0.466 e. The molecule has 0 radical (unpaired) electrons. The van der Waals surface area contributed by atoms with Gasteiger partial charge in [-0.1, -0.05) is 36.4 Å². The van der Waals surface area contributed by atoms with Crippen molar-refractivity contribution in [2.45, 2.75) is 26.0 Å². The minimum absolute atomic E-state index is 0.0882. The lowest BCUT2D eigenvalue weighted by molar-refractivity contribution is -0.147. The Balaban J connectivity index is 1.53. The van der Waals surface area contributed by atoms with E-state index < -0.39 is 6.10 Å². The summed E-state index contributed by atoms with van der Waals surface area (Å²) in [7, 11) is 1.53. The summed E-state index contributed by atoms with van der Waals surface area (Å²) in [6, 6.07) is 15.1. The second-order valence-electron chi connectivity index (χ2n) is 7.79. The summed E-state index contributed by atoms with van der Waals surface area (Å²) < 4.78 is 21.6. The molecule has 0 saturated heterocycles. The third-order valence-corrected chi connectivity index (χ3v) is 5.65. The molecule has 7 nitrogen and oxygen atoms in total. The Kier molecular flexibility index (Phi) is 6.42. The third kappa shape index (κ3) is 4.82. The molecule has 2 aromatic rings. The van der Waals surface area contributed by atoms with Gasteiger partial charge in [0.05, 0.1) is 12.5 Å². The van der Waals surface area contributed by atoms with Crippen LogP contribution in [0.2, 0.25) is 0 Å². The van der Waals surface area contributed by atoms with Crippen LogP contribution in [0, 0.1) is 11.8 Å². The van der Waals surface area contributed by atoms with Crippen LogP contribution in [-0.2, 0) is 25.6 Å². The summed E-state index contributed by atoms with van der Waals surface area (Å²) in [4.78, 5) is 27.4. The Morgan fingerprint density at radius 2 is 1.90 bits per heavy atom. The molecule has 1 amide bonds. The topological polar surface area (TPSA) is 74.3 Å². The molecule has 1 heterocycles. The van der Waals surface area contributed by atoms with E-state index in [1.165, 1.54) is 7.11 Å². The molecule has 0 N–H and O–H groups in total. The number of rotatable bonds is 9. The Hall–Kier alpha value is -3.06. The van der Waals surface area contributed by atoms with Crippen molar-refractivity contribution in [3.05, 3.63) is 59.7 Å². The largest absolute Gasteiger partial charge is 0.466 e. The molecular formula is C24H27NO6. The van der Waals surface area contributed by atoms with Gasteiger partial charge in [0.1, 0.15) is 0 Å². The minimum atomic E-state index is -0.713. The predicted molar refractivity (Wildman–Crippen MR) is 112 cm³/mol. The fourth-order valence-corrected chi connectivity index (χ4v) is 3.94. The van der Waals surface area contributed by atoms with Crippen molar-refractivity contribution < 1.29 is 28.5 Å². The first kappa shape index (κ1) is 21.2. The molecule has 0 aromatic heterocycles. The van der Waals surface area contributed by atoms with Crippen LogP contribution in [0.3, 0.4) is 0 Å². The molecular weight excluding hydrogens is 398 g/mol. The van der Waals surface area contributed by atoms with Gasteiger partial charge in [-0.05, 0) is 42.5 Å². The predicted octanol–water partition coefficient (Wildman–Crippen LogP) is 3.33. The maximum absolute atomic E-state index is 13.5. The van der Waals surface area contributed by atoms with Gasteiger partial charge in [-0.3, -0.25) is 9.59 Å². The van der Waals surface area contributed by atoms with Crippen molar-refractivity contribution in [2.24, 2.45) is 11.8 Å². The number of hydrogen-bond acceptors (Lipinski definition) is 6. The summed E-state index contributed by atoms with van der Waals surface area (Å²) in [5.41, 5.74) is 1.72. The van der Waals surface area contributed by atoms with E-state index in [0.717, 1.165) is 17.5 Å². The molecule has 31 heavy (non-hydrogen) atoms. The van der Waals surface area contributed by atoms with Gasteiger partial charge in [-0.25, -0.2) is 0 Å². The van der Waals surface area contributed by atoms with Crippen LogP contribution in [0.1, 0.15) is 30.6 Å². The van der Waals surface area contributed by atoms with Crippen LogP contribution in [0.4, 0.5) is 0 Å². The highest BCUT2D eigenvalue weighted by atomic mass is 16.7. The highest BCUT2D eigenvalue weighted by Gasteiger charge is 2.46. The number of methoxy groups -OCH3 is 1. The molecule has 0 spiro atoms. The summed E-state index contributed by atoms with van der Waals surface area (Å²) >= 11 is 0. The highest BCUT2D eigenvalue weighted by Crippen LogP contribution is 2.41. The first-order valence-corrected chi connectivity index (χ1v) is 10.5. The van der Waals surface area contributed by atoms with Crippen molar-refractivity contribution >= 4 is 11.9 Å². The van der Waals surface area contributed by atoms with Gasteiger partial charge >= 0.3 is 5.97 Å². The average Bonchev–Trinajstić information content (AvgIpc) is 3.40. The first-order valence-electron chi connectivity index (χ1n) is 10.5. The van der Waals surface area contributed by atoms with E-state index in [2.05, 4.69) is 0 Å². The zero-order valence-corrected chi connectivity index (χ0v) is 17.8. The third-order valence-electron chi connectivity index (χ3n) is 5.65. The quantitative estimate of drug-likeness (QED) is 0.574. The number of fused-ring (bicyclic) bond motifs is 1. The van der Waals surface area contributed by atoms with Crippen LogP contribution in [0.25, 0.3) is 0 Å². The number of amides is 1. The zero-order valence-electron chi connectivity index (χ0n) is 17.8. The van der Waals surface area contributed by atoms with Crippen molar-refractivity contribution in [3.8, 4) is 11.5 Å². The van der Waals surface area contributed by atoms with Crippen LogP contribution < -0.4 is 9.47 Å². The van der Waals surface area contributed by atoms with Gasteiger partial charge < -0.3 is 23.8 Å². The number of nitrogens with zero attached hydrogens (tertiary/aromatic N) is 1. The highest BCUT2D eigenvalue weighted by molar-refractivity contribution is 5.83. The van der Waals surface area contributed by atoms with Gasteiger partial charge in [0.15, 0.2) is 17.6 Å². The van der Waals surface area contributed by atoms with E-state index in [9.17, 15) is 9.59 Å². The van der Waals surface area contributed by atoms with E-state index in [4.69, 9.17) is 18.9 Å². The molecule has 2 aliphatic rings. The molecule has 4 rings (SSSR count). The zero-order chi connectivity index (χ0) is 21.8. The van der Waals surface area contributed by atoms with E-state index in [0.29, 0.717) is 31.2 Å². The summed E-state index contributed by atoms with van der Waals surface area (Å²) in [5, 5.41) is 0. The van der Waals surface area contributed by atoms with Crippen molar-refractivity contribution in [3.63, 3.8) is 0 Å². The molecule has 1 aliphatic carbocycles. The molecule has 1 saturated carbocycles. The molecule has 1 fully saturated rings. The molecule has 164 valence electrons. The van der Waals surface area contributed by atoms with Crippen molar-refractivity contribution in [1.29, 1.82) is 0 Å². The van der Waals surface area contributed by atoms with Gasteiger partial charge in [-0.2, -0.15) is 0 Å². The number of esters is 1. The number of hydrogen-bond donors (Lipinski definition) is 0.